The average molecular weight is 696 g/mol. The van der Waals surface area contributed by atoms with E-state index < -0.39 is 91.3 Å². The number of aliphatic hydroxyl groups is 1. The molecule has 2 N–H and O–H groups in total. The van der Waals surface area contributed by atoms with Gasteiger partial charge in [0.2, 0.25) is 0 Å². The van der Waals surface area contributed by atoms with Gasteiger partial charge in [-0.25, -0.2) is 8.42 Å². The first-order valence-corrected chi connectivity index (χ1v) is 14.3. The van der Waals surface area contributed by atoms with E-state index in [0.717, 1.165) is 0 Å². The van der Waals surface area contributed by atoms with Gasteiger partial charge in [0, 0.05) is 19.5 Å². The molecule has 42 heavy (non-hydrogen) atoms. The molecular formula is C18H28F13N2O7S2+. The van der Waals surface area contributed by atoms with Crippen LogP contribution in [0.15, 0.2) is 0 Å². The Morgan fingerprint density at radius 3 is 1.57 bits per heavy atom. The zero-order chi connectivity index (χ0) is 33.9. The molecule has 0 aromatic carbocycles. The minimum Gasteiger partial charge on any atom is -0.394 e. The Morgan fingerprint density at radius 1 is 0.690 bits per heavy atom. The van der Waals surface area contributed by atoms with Crippen LogP contribution in [0.1, 0.15) is 12.8 Å². The summed E-state index contributed by atoms with van der Waals surface area (Å²) < 4.78 is 235. The minimum atomic E-state index is -8.34. The second-order valence-corrected chi connectivity index (χ2v) is 13.0. The monoisotopic (exact) mass is 695 g/mol. The minimum absolute atomic E-state index is 0.0277. The number of hydrogen-bond donors (Lipinski definition) is 2. The predicted molar refractivity (Wildman–Crippen MR) is 117 cm³/mol. The van der Waals surface area contributed by atoms with E-state index in [0.29, 0.717) is 0 Å². The van der Waals surface area contributed by atoms with Crippen LogP contribution in [0.3, 0.4) is 0 Å². The maximum Gasteiger partial charge on any atom is 0.460 e. The molecule has 0 unspecified atom stereocenters. The van der Waals surface area contributed by atoms with Crippen molar-refractivity contribution in [1.82, 2.24) is 4.31 Å². The molecule has 0 aromatic rings. The van der Waals surface area contributed by atoms with Crippen LogP contribution in [0.25, 0.3) is 0 Å². The Morgan fingerprint density at radius 2 is 1.14 bits per heavy atom. The number of halogens is 13. The van der Waals surface area contributed by atoms with Crippen LogP contribution in [0.4, 0.5) is 57.1 Å². The van der Waals surface area contributed by atoms with Gasteiger partial charge in [0.25, 0.3) is 20.1 Å². The molecule has 0 radical (unpaired) electrons. The molecule has 254 valence electrons. The van der Waals surface area contributed by atoms with Crippen molar-refractivity contribution in [3.05, 3.63) is 0 Å². The Kier molecular flexibility index (Phi) is 13.0. The Bertz CT molecular complexity index is 1100. The van der Waals surface area contributed by atoms with Crippen molar-refractivity contribution in [3.8, 4) is 0 Å². The number of alkyl halides is 13. The third-order valence-electron chi connectivity index (χ3n) is 5.63. The van der Waals surface area contributed by atoms with Crippen molar-refractivity contribution in [1.29, 1.82) is 0 Å². The number of nitrogens with zero attached hydrogens (tertiary/aromatic N) is 2. The van der Waals surface area contributed by atoms with Crippen LogP contribution < -0.4 is 0 Å². The number of sulfonamides is 1. The number of quaternary nitrogens is 1. The van der Waals surface area contributed by atoms with E-state index in [1.807, 2.05) is 0 Å². The normalized spacial score (nSPS) is 15.5. The van der Waals surface area contributed by atoms with Crippen molar-refractivity contribution in [3.63, 3.8) is 0 Å². The topological polar surface area (TPSA) is 121 Å². The van der Waals surface area contributed by atoms with E-state index in [4.69, 9.17) is 14.4 Å². The van der Waals surface area contributed by atoms with Gasteiger partial charge < -0.3 is 14.3 Å². The first-order valence-electron chi connectivity index (χ1n) is 11.3. The zero-order valence-electron chi connectivity index (χ0n) is 21.6. The smallest absolute Gasteiger partial charge is 0.394 e. The van der Waals surface area contributed by atoms with E-state index in [9.17, 15) is 73.9 Å². The van der Waals surface area contributed by atoms with Crippen LogP contribution in [-0.4, -0.2) is 136 Å². The molecule has 0 spiro atoms. The van der Waals surface area contributed by atoms with Crippen LogP contribution >= 0.6 is 0 Å². The predicted octanol–water partition coefficient (Wildman–Crippen LogP) is 3.07. The van der Waals surface area contributed by atoms with Crippen LogP contribution in [0.2, 0.25) is 0 Å². The molecule has 24 heteroatoms. The first kappa shape index (κ1) is 40.8. The van der Waals surface area contributed by atoms with Gasteiger partial charge in [-0.05, 0) is 6.42 Å². The number of hydrogen-bond acceptors (Lipinski definition) is 6. The SMILES string of the molecule is C[N+](C)(CCCN(CCCS(=O)(=O)O)S(=O)(=O)C(F)(F)C(F)(F)C(F)(F)C(F)(F)C(F)(F)C(F)(F)F)CCOCCO. The Hall–Kier alpha value is -1.21. The second-order valence-electron chi connectivity index (χ2n) is 9.43. The molecule has 0 aromatic heterocycles. The van der Waals surface area contributed by atoms with Crippen molar-refractivity contribution >= 4 is 20.1 Å². The first-order chi connectivity index (χ1) is 18.4. The molecule has 9 nitrogen and oxygen atoms in total. The van der Waals surface area contributed by atoms with E-state index in [1.54, 1.807) is 0 Å². The summed E-state index contributed by atoms with van der Waals surface area (Å²) in [5, 5.41) is 1.18. The zero-order valence-corrected chi connectivity index (χ0v) is 23.3. The summed E-state index contributed by atoms with van der Waals surface area (Å²) in [4.78, 5) is 0. The van der Waals surface area contributed by atoms with Gasteiger partial charge >= 0.3 is 35.1 Å². The maximum atomic E-state index is 14.6. The third kappa shape index (κ3) is 8.70. The van der Waals surface area contributed by atoms with Gasteiger partial charge in [0.15, 0.2) is 0 Å². The fourth-order valence-corrected chi connectivity index (χ4v) is 5.13. The lowest BCUT2D eigenvalue weighted by atomic mass is 9.98. The van der Waals surface area contributed by atoms with Crippen molar-refractivity contribution in [2.24, 2.45) is 0 Å². The molecule has 0 bridgehead atoms. The summed E-state index contributed by atoms with van der Waals surface area (Å²) in [5.74, 6) is -34.2. The van der Waals surface area contributed by atoms with Crippen molar-refractivity contribution in [2.75, 3.05) is 65.8 Å². The summed E-state index contributed by atoms with van der Waals surface area (Å²) >= 11 is 0. The highest BCUT2D eigenvalue weighted by Crippen LogP contribution is 2.61. The number of rotatable bonds is 19. The Labute approximate surface area is 231 Å². The highest BCUT2D eigenvalue weighted by Gasteiger charge is 2.92. The molecule has 0 aliphatic rings. The highest BCUT2D eigenvalue weighted by molar-refractivity contribution is 7.90. The average Bonchev–Trinajstić information content (AvgIpc) is 2.78. The van der Waals surface area contributed by atoms with Crippen molar-refractivity contribution < 1.29 is 92.8 Å². The van der Waals surface area contributed by atoms with Gasteiger partial charge in [-0.15, -0.1) is 0 Å². The lowest BCUT2D eigenvalue weighted by Gasteiger charge is -2.40. The van der Waals surface area contributed by atoms with Gasteiger partial charge in [0.05, 0.1) is 46.2 Å². The van der Waals surface area contributed by atoms with Crippen LogP contribution in [0, 0.1) is 0 Å². The number of aliphatic hydroxyl groups excluding tert-OH is 1. The fourth-order valence-electron chi connectivity index (χ4n) is 3.12. The van der Waals surface area contributed by atoms with Gasteiger partial charge in [-0.2, -0.15) is 69.8 Å². The van der Waals surface area contributed by atoms with Crippen LogP contribution in [-0.2, 0) is 24.9 Å². The molecule has 0 saturated heterocycles. The van der Waals surface area contributed by atoms with E-state index >= 15 is 0 Å². The van der Waals surface area contributed by atoms with Gasteiger partial charge in [-0.3, -0.25) is 4.55 Å². The molecule has 0 rings (SSSR count). The summed E-state index contributed by atoms with van der Waals surface area (Å²) in [6, 6.07) is 0. The number of ether oxygens (including phenoxy) is 1. The molecule has 0 atom stereocenters. The highest BCUT2D eigenvalue weighted by atomic mass is 32.2. The van der Waals surface area contributed by atoms with E-state index in [2.05, 4.69) is 0 Å². The molecule has 0 saturated carbocycles. The van der Waals surface area contributed by atoms with Crippen LogP contribution in [0.5, 0.6) is 0 Å². The summed E-state index contributed by atoms with van der Waals surface area (Å²) in [5.41, 5.74) is 0. The fraction of sp³-hybridized carbons (Fsp3) is 1.00. The van der Waals surface area contributed by atoms with E-state index in [-0.39, 0.29) is 37.4 Å². The lowest BCUT2D eigenvalue weighted by Crippen LogP contribution is -2.72. The quantitative estimate of drug-likeness (QED) is 0.0923. The van der Waals surface area contributed by atoms with Gasteiger partial charge in [0.1, 0.15) is 6.54 Å². The molecular weight excluding hydrogens is 667 g/mol. The molecule has 0 aliphatic heterocycles. The Balaban J connectivity index is 6.45. The summed E-state index contributed by atoms with van der Waals surface area (Å²) in [6.45, 7) is -3.52. The summed E-state index contributed by atoms with van der Waals surface area (Å²) in [6.07, 6.45) is -9.47. The third-order valence-corrected chi connectivity index (χ3v) is 8.38. The molecule has 0 amide bonds. The molecule has 0 fully saturated rings. The van der Waals surface area contributed by atoms with E-state index in [1.165, 1.54) is 14.1 Å². The largest absolute Gasteiger partial charge is 0.460 e. The summed E-state index contributed by atoms with van der Waals surface area (Å²) in [7, 11) is -9.46. The standard InChI is InChI=1S/C18H27F13N2O7S2/c1-33(2,8-10-40-11-9-34)7-3-5-32(6-4-12-41(35,36)37)42(38,39)18(30,31)16(25,26)14(21,22)13(19,20)15(23,24)17(27,28)29/h34H,3-12H2,1-2H3/p+1. The lowest BCUT2D eigenvalue weighted by molar-refractivity contribution is -0.890. The maximum absolute atomic E-state index is 14.6. The second kappa shape index (κ2) is 13.4. The van der Waals surface area contributed by atoms with Gasteiger partial charge in [-0.1, -0.05) is 0 Å². The van der Waals surface area contributed by atoms with Crippen molar-refractivity contribution in [2.45, 2.75) is 48.0 Å². The molecule has 0 heterocycles. The number of likely N-dealkylation sites (N-methyl/N-ethyl adjacent to an activating group) is 1. The molecule has 0 aliphatic carbocycles.